The van der Waals surface area contributed by atoms with E-state index in [1.54, 1.807) is 0 Å². The Bertz CT molecular complexity index is 353. The Morgan fingerprint density at radius 1 is 1.17 bits per heavy atom. The molecule has 0 unspecified atom stereocenters. The predicted molar refractivity (Wildman–Crippen MR) is 69.3 cm³/mol. The smallest absolute Gasteiger partial charge is 0.226 e. The molecular formula is C13H23N3O2. The van der Waals surface area contributed by atoms with Crippen LogP contribution >= 0.6 is 0 Å². The van der Waals surface area contributed by atoms with E-state index in [0.29, 0.717) is 0 Å². The Labute approximate surface area is 108 Å². The van der Waals surface area contributed by atoms with Gasteiger partial charge < -0.3 is 16.3 Å². The quantitative estimate of drug-likeness (QED) is 0.310. The molecular weight excluding hydrogens is 230 g/mol. The molecule has 2 aliphatic carbocycles. The molecule has 0 aromatic heterocycles. The SMILES string of the molecule is CC1(C(=O)NC2(C(N)=NO)CCCC2)CCCC1. The maximum atomic E-state index is 12.4. The van der Waals surface area contributed by atoms with Gasteiger partial charge in [-0.15, -0.1) is 0 Å². The third-order valence-electron chi connectivity index (χ3n) is 4.66. The molecule has 5 heteroatoms. The summed E-state index contributed by atoms with van der Waals surface area (Å²) in [6, 6.07) is 0. The highest BCUT2D eigenvalue weighted by atomic mass is 16.4. The van der Waals surface area contributed by atoms with Gasteiger partial charge in [-0.05, 0) is 25.7 Å². The van der Waals surface area contributed by atoms with E-state index in [4.69, 9.17) is 10.9 Å². The van der Waals surface area contributed by atoms with Crippen molar-refractivity contribution in [3.8, 4) is 0 Å². The van der Waals surface area contributed by atoms with Gasteiger partial charge in [-0.2, -0.15) is 0 Å². The minimum absolute atomic E-state index is 0.0634. The van der Waals surface area contributed by atoms with Crippen molar-refractivity contribution in [1.82, 2.24) is 5.32 Å². The largest absolute Gasteiger partial charge is 0.409 e. The van der Waals surface area contributed by atoms with E-state index in [1.165, 1.54) is 0 Å². The van der Waals surface area contributed by atoms with Crippen molar-refractivity contribution < 1.29 is 10.0 Å². The van der Waals surface area contributed by atoms with Crippen LogP contribution in [0, 0.1) is 5.41 Å². The second-order valence-corrected chi connectivity index (χ2v) is 6.00. The molecule has 5 nitrogen and oxygen atoms in total. The van der Waals surface area contributed by atoms with E-state index in [1.807, 2.05) is 6.92 Å². The van der Waals surface area contributed by atoms with Crippen LogP contribution in [-0.4, -0.2) is 22.5 Å². The number of carbonyl (C=O) groups excluding carboxylic acids is 1. The van der Waals surface area contributed by atoms with Gasteiger partial charge in [0, 0.05) is 5.41 Å². The fourth-order valence-corrected chi connectivity index (χ4v) is 3.27. The molecule has 2 saturated carbocycles. The van der Waals surface area contributed by atoms with Crippen LogP contribution in [0.1, 0.15) is 58.3 Å². The molecule has 2 aliphatic rings. The van der Waals surface area contributed by atoms with Crippen LogP contribution in [0.2, 0.25) is 0 Å². The summed E-state index contributed by atoms with van der Waals surface area (Å²) in [6.45, 7) is 2.02. The molecule has 0 spiro atoms. The lowest BCUT2D eigenvalue weighted by Gasteiger charge is -2.33. The molecule has 0 radical (unpaired) electrons. The van der Waals surface area contributed by atoms with Crippen molar-refractivity contribution in [2.45, 2.75) is 63.8 Å². The van der Waals surface area contributed by atoms with Gasteiger partial charge in [-0.25, -0.2) is 0 Å². The van der Waals surface area contributed by atoms with Gasteiger partial charge >= 0.3 is 0 Å². The van der Waals surface area contributed by atoms with E-state index in [-0.39, 0.29) is 17.2 Å². The summed E-state index contributed by atoms with van der Waals surface area (Å²) in [4.78, 5) is 12.4. The zero-order chi connectivity index (χ0) is 13.2. The molecule has 0 heterocycles. The molecule has 0 aromatic rings. The topological polar surface area (TPSA) is 87.7 Å². The van der Waals surface area contributed by atoms with Crippen molar-refractivity contribution in [2.75, 3.05) is 0 Å². The van der Waals surface area contributed by atoms with Gasteiger partial charge in [0.1, 0.15) is 5.54 Å². The molecule has 0 saturated heterocycles. The third kappa shape index (κ3) is 2.18. The van der Waals surface area contributed by atoms with Gasteiger partial charge in [-0.3, -0.25) is 4.79 Å². The number of oxime groups is 1. The Balaban J connectivity index is 2.12. The zero-order valence-electron chi connectivity index (χ0n) is 11.0. The second kappa shape index (κ2) is 4.78. The summed E-state index contributed by atoms with van der Waals surface area (Å²) in [5.41, 5.74) is 4.90. The van der Waals surface area contributed by atoms with Crippen LogP contribution in [0.3, 0.4) is 0 Å². The van der Waals surface area contributed by atoms with Crippen molar-refractivity contribution in [2.24, 2.45) is 16.3 Å². The number of amides is 1. The minimum Gasteiger partial charge on any atom is -0.409 e. The van der Waals surface area contributed by atoms with E-state index < -0.39 is 5.54 Å². The van der Waals surface area contributed by atoms with Gasteiger partial charge in [0.15, 0.2) is 5.84 Å². The molecule has 0 aromatic carbocycles. The monoisotopic (exact) mass is 253 g/mol. The van der Waals surface area contributed by atoms with Crippen LogP contribution in [0.4, 0.5) is 0 Å². The molecule has 18 heavy (non-hydrogen) atoms. The summed E-state index contributed by atoms with van der Waals surface area (Å²) in [6.07, 6.45) is 7.65. The molecule has 0 aliphatic heterocycles. The maximum absolute atomic E-state index is 12.4. The normalized spacial score (nSPS) is 26.2. The second-order valence-electron chi connectivity index (χ2n) is 6.00. The summed E-state index contributed by atoms with van der Waals surface area (Å²) in [5.74, 6) is 0.212. The average molecular weight is 253 g/mol. The average Bonchev–Trinajstić information content (AvgIpc) is 2.99. The Morgan fingerprint density at radius 3 is 2.17 bits per heavy atom. The first-order chi connectivity index (χ1) is 8.52. The van der Waals surface area contributed by atoms with E-state index in [0.717, 1.165) is 51.4 Å². The van der Waals surface area contributed by atoms with E-state index in [2.05, 4.69) is 10.5 Å². The molecule has 0 atom stereocenters. The number of nitrogens with one attached hydrogen (secondary N) is 1. The number of rotatable bonds is 3. The predicted octanol–water partition coefficient (Wildman–Crippen LogP) is 1.74. The lowest BCUT2D eigenvalue weighted by Crippen LogP contribution is -2.58. The lowest BCUT2D eigenvalue weighted by molar-refractivity contribution is -0.131. The van der Waals surface area contributed by atoms with Gasteiger partial charge in [0.2, 0.25) is 5.91 Å². The van der Waals surface area contributed by atoms with Crippen molar-refractivity contribution in [3.63, 3.8) is 0 Å². The standard InChI is InChI=1S/C13H23N3O2/c1-12(6-2-3-7-12)11(17)15-13(10(14)16-18)8-4-5-9-13/h18H,2-9H2,1H3,(H2,14,16)(H,15,17). The van der Waals surface area contributed by atoms with E-state index >= 15 is 0 Å². The summed E-state index contributed by atoms with van der Waals surface area (Å²) < 4.78 is 0. The number of nitrogens with two attached hydrogens (primary N) is 1. The fourth-order valence-electron chi connectivity index (χ4n) is 3.27. The minimum atomic E-state index is -0.614. The molecule has 1 amide bonds. The van der Waals surface area contributed by atoms with Crippen molar-refractivity contribution in [3.05, 3.63) is 0 Å². The van der Waals surface area contributed by atoms with Gasteiger partial charge in [-0.1, -0.05) is 37.8 Å². The van der Waals surface area contributed by atoms with Crippen LogP contribution < -0.4 is 11.1 Å². The first-order valence-electron chi connectivity index (χ1n) is 6.83. The first-order valence-corrected chi connectivity index (χ1v) is 6.83. The molecule has 4 N–H and O–H groups in total. The molecule has 2 fully saturated rings. The van der Waals surface area contributed by atoms with Crippen molar-refractivity contribution in [1.29, 1.82) is 0 Å². The number of amidine groups is 1. The fraction of sp³-hybridized carbons (Fsp3) is 0.846. The number of hydrogen-bond donors (Lipinski definition) is 3. The molecule has 0 bridgehead atoms. The van der Waals surface area contributed by atoms with Crippen LogP contribution in [0.25, 0.3) is 0 Å². The highest BCUT2D eigenvalue weighted by Crippen LogP contribution is 2.39. The highest BCUT2D eigenvalue weighted by molar-refractivity contribution is 5.95. The lowest BCUT2D eigenvalue weighted by atomic mass is 9.85. The molecule has 102 valence electrons. The number of carbonyl (C=O) groups is 1. The Kier molecular flexibility index (Phi) is 3.50. The highest BCUT2D eigenvalue weighted by Gasteiger charge is 2.44. The van der Waals surface area contributed by atoms with Crippen LogP contribution in [0.5, 0.6) is 0 Å². The summed E-state index contributed by atoms with van der Waals surface area (Å²) in [5, 5.41) is 15.1. The Hall–Kier alpha value is -1.26. The van der Waals surface area contributed by atoms with Gasteiger partial charge in [0.05, 0.1) is 0 Å². The zero-order valence-corrected chi connectivity index (χ0v) is 11.0. The van der Waals surface area contributed by atoms with Crippen LogP contribution in [0.15, 0.2) is 5.16 Å². The summed E-state index contributed by atoms with van der Waals surface area (Å²) in [7, 11) is 0. The number of hydrogen-bond acceptors (Lipinski definition) is 3. The van der Waals surface area contributed by atoms with E-state index in [9.17, 15) is 4.79 Å². The van der Waals surface area contributed by atoms with Gasteiger partial charge in [0.25, 0.3) is 0 Å². The van der Waals surface area contributed by atoms with Crippen LogP contribution in [-0.2, 0) is 4.79 Å². The van der Waals surface area contributed by atoms with Crippen molar-refractivity contribution >= 4 is 11.7 Å². The number of nitrogens with zero attached hydrogens (tertiary/aromatic N) is 1. The maximum Gasteiger partial charge on any atom is 0.226 e. The summed E-state index contributed by atoms with van der Waals surface area (Å²) >= 11 is 0. The Morgan fingerprint density at radius 2 is 1.67 bits per heavy atom. The third-order valence-corrected chi connectivity index (χ3v) is 4.66. The first kappa shape index (κ1) is 13.2. The molecule has 2 rings (SSSR count).